The number of ether oxygens (including phenoxy) is 1. The monoisotopic (exact) mass is 273 g/mol. The zero-order valence-electron chi connectivity index (χ0n) is 7.89. The molecule has 0 aliphatic heterocycles. The van der Waals surface area contributed by atoms with Gasteiger partial charge in [0.05, 0.1) is 11.6 Å². The van der Waals surface area contributed by atoms with Gasteiger partial charge in [0.15, 0.2) is 17.3 Å². The van der Waals surface area contributed by atoms with Crippen molar-refractivity contribution in [1.29, 1.82) is 0 Å². The summed E-state index contributed by atoms with van der Waals surface area (Å²) in [5.74, 6) is -4.92. The number of hydrogen-bond donors (Lipinski definition) is 1. The van der Waals surface area contributed by atoms with Gasteiger partial charge < -0.3 is 9.84 Å². The first-order valence-electron chi connectivity index (χ1n) is 3.99. The van der Waals surface area contributed by atoms with Gasteiger partial charge in [-0.2, -0.15) is 0 Å². The van der Waals surface area contributed by atoms with Crippen LogP contribution in [0.2, 0.25) is 0 Å². The Morgan fingerprint density at radius 3 is 2.53 bits per heavy atom. The van der Waals surface area contributed by atoms with Crippen LogP contribution in [0.15, 0.2) is 6.07 Å². The molecule has 1 heterocycles. The molecule has 0 radical (unpaired) electrons. The lowest BCUT2D eigenvalue weighted by Gasteiger charge is -2.11. The van der Waals surface area contributed by atoms with Crippen LogP contribution in [0.4, 0.5) is 17.6 Å². The van der Waals surface area contributed by atoms with Gasteiger partial charge in [-0.05, 0) is 0 Å². The minimum absolute atomic E-state index is 0.335. The van der Waals surface area contributed by atoms with E-state index < -0.39 is 41.2 Å². The van der Waals surface area contributed by atoms with E-state index in [9.17, 15) is 22.4 Å². The van der Waals surface area contributed by atoms with Gasteiger partial charge in [0.2, 0.25) is 0 Å². The molecule has 0 saturated carbocycles. The molecule has 1 rings (SSSR count). The number of hydrogen-bond acceptors (Lipinski definition) is 3. The molecule has 9 heteroatoms. The maximum absolute atomic E-state index is 13.3. The van der Waals surface area contributed by atoms with E-state index in [2.05, 4.69) is 9.72 Å². The summed E-state index contributed by atoms with van der Waals surface area (Å²) in [7, 11) is 0. The SMILES string of the molecule is O=C(O)c1cc(OC(F)(F)F)c(F)c(CCl)n1. The second-order valence-corrected chi connectivity index (χ2v) is 3.02. The summed E-state index contributed by atoms with van der Waals surface area (Å²) in [5.41, 5.74) is -1.42. The van der Waals surface area contributed by atoms with E-state index in [1.807, 2.05) is 0 Å². The number of alkyl halides is 4. The Morgan fingerprint density at radius 1 is 1.53 bits per heavy atom. The minimum atomic E-state index is -5.14. The number of carboxylic acids is 1. The van der Waals surface area contributed by atoms with Crippen LogP contribution in [0, 0.1) is 5.82 Å². The normalized spacial score (nSPS) is 11.4. The second kappa shape index (κ2) is 4.74. The topological polar surface area (TPSA) is 59.4 Å². The molecule has 0 unspecified atom stereocenters. The van der Waals surface area contributed by atoms with Crippen LogP contribution in [0.5, 0.6) is 5.75 Å². The fraction of sp³-hybridized carbons (Fsp3) is 0.250. The first-order chi connectivity index (χ1) is 7.74. The number of aromatic carboxylic acids is 1. The standard InChI is InChI=1S/C8H4ClF4NO3/c9-2-4-6(10)5(17-8(11,12)13)1-3(14-4)7(15)16/h1H,2H2,(H,15,16). The average Bonchev–Trinajstić information content (AvgIpc) is 2.18. The highest BCUT2D eigenvalue weighted by Gasteiger charge is 2.33. The summed E-state index contributed by atoms with van der Waals surface area (Å²) in [6, 6.07) is 0.335. The molecule has 0 saturated heterocycles. The van der Waals surface area contributed by atoms with Crippen LogP contribution >= 0.6 is 11.6 Å². The molecule has 0 spiro atoms. The molecule has 0 atom stereocenters. The molecule has 1 aromatic rings. The number of carbonyl (C=O) groups is 1. The predicted octanol–water partition coefficient (Wildman–Crippen LogP) is 2.56. The molecule has 0 aliphatic carbocycles. The van der Waals surface area contributed by atoms with Gasteiger partial charge in [-0.1, -0.05) is 0 Å². The van der Waals surface area contributed by atoms with Crippen molar-refractivity contribution < 1.29 is 32.2 Å². The lowest BCUT2D eigenvalue weighted by molar-refractivity contribution is -0.275. The van der Waals surface area contributed by atoms with Crippen molar-refractivity contribution >= 4 is 17.6 Å². The van der Waals surface area contributed by atoms with Crippen LogP contribution in [0.3, 0.4) is 0 Å². The first-order valence-corrected chi connectivity index (χ1v) is 4.52. The van der Waals surface area contributed by atoms with Gasteiger partial charge >= 0.3 is 12.3 Å². The Labute approximate surface area is 96.8 Å². The van der Waals surface area contributed by atoms with Crippen molar-refractivity contribution in [1.82, 2.24) is 4.98 Å². The third-order valence-electron chi connectivity index (χ3n) is 1.56. The van der Waals surface area contributed by atoms with Crippen LogP contribution in [-0.2, 0) is 5.88 Å². The van der Waals surface area contributed by atoms with E-state index in [1.54, 1.807) is 0 Å². The van der Waals surface area contributed by atoms with E-state index in [4.69, 9.17) is 16.7 Å². The Hall–Kier alpha value is -1.57. The van der Waals surface area contributed by atoms with Crippen LogP contribution < -0.4 is 4.74 Å². The van der Waals surface area contributed by atoms with Crippen LogP contribution in [0.25, 0.3) is 0 Å². The van der Waals surface area contributed by atoms with E-state index in [1.165, 1.54) is 0 Å². The fourth-order valence-corrected chi connectivity index (χ4v) is 1.13. The summed E-state index contributed by atoms with van der Waals surface area (Å²) >= 11 is 5.22. The third-order valence-corrected chi connectivity index (χ3v) is 1.82. The highest BCUT2D eigenvalue weighted by atomic mass is 35.5. The number of rotatable bonds is 3. The van der Waals surface area contributed by atoms with Gasteiger partial charge in [0.1, 0.15) is 0 Å². The fourth-order valence-electron chi connectivity index (χ4n) is 0.954. The zero-order chi connectivity index (χ0) is 13.2. The van der Waals surface area contributed by atoms with Crippen molar-refractivity contribution in [2.24, 2.45) is 0 Å². The largest absolute Gasteiger partial charge is 0.573 e. The van der Waals surface area contributed by atoms with Crippen molar-refractivity contribution in [2.45, 2.75) is 12.2 Å². The Balaban J connectivity index is 3.28. The number of carboxylic acid groups (broad SMARTS) is 1. The highest BCUT2D eigenvalue weighted by molar-refractivity contribution is 6.16. The molecule has 0 aliphatic rings. The summed E-state index contributed by atoms with van der Waals surface area (Å²) in [6.07, 6.45) is -5.14. The molecule has 94 valence electrons. The van der Waals surface area contributed by atoms with Gasteiger partial charge in [0.25, 0.3) is 0 Å². The highest BCUT2D eigenvalue weighted by Crippen LogP contribution is 2.28. The van der Waals surface area contributed by atoms with Crippen LogP contribution in [0.1, 0.15) is 16.2 Å². The quantitative estimate of drug-likeness (QED) is 0.679. The molecule has 0 fully saturated rings. The van der Waals surface area contributed by atoms with Gasteiger partial charge in [-0.15, -0.1) is 24.8 Å². The smallest absolute Gasteiger partial charge is 0.477 e. The molecule has 0 amide bonds. The Kier molecular flexibility index (Phi) is 3.76. The average molecular weight is 274 g/mol. The van der Waals surface area contributed by atoms with Gasteiger partial charge in [-0.25, -0.2) is 14.2 Å². The summed E-state index contributed by atoms with van der Waals surface area (Å²) in [4.78, 5) is 13.8. The maximum atomic E-state index is 13.3. The lowest BCUT2D eigenvalue weighted by atomic mass is 10.3. The second-order valence-electron chi connectivity index (χ2n) is 2.75. The van der Waals surface area contributed by atoms with Crippen molar-refractivity contribution in [3.63, 3.8) is 0 Å². The number of nitrogens with zero attached hydrogens (tertiary/aromatic N) is 1. The molecule has 17 heavy (non-hydrogen) atoms. The van der Waals surface area contributed by atoms with Crippen molar-refractivity contribution in [2.75, 3.05) is 0 Å². The van der Waals surface area contributed by atoms with E-state index >= 15 is 0 Å². The molecular formula is C8H4ClF4NO3. The van der Waals surface area contributed by atoms with E-state index in [0.717, 1.165) is 0 Å². The van der Waals surface area contributed by atoms with Crippen molar-refractivity contribution in [3.8, 4) is 5.75 Å². The van der Waals surface area contributed by atoms with Gasteiger partial charge in [0, 0.05) is 6.07 Å². The lowest BCUT2D eigenvalue weighted by Crippen LogP contribution is -2.19. The zero-order valence-corrected chi connectivity index (χ0v) is 8.64. The van der Waals surface area contributed by atoms with Crippen molar-refractivity contribution in [3.05, 3.63) is 23.3 Å². The first kappa shape index (κ1) is 13.5. The van der Waals surface area contributed by atoms with E-state index in [0.29, 0.717) is 6.07 Å². The summed E-state index contributed by atoms with van der Waals surface area (Å²) < 4.78 is 52.3. The molecule has 1 aromatic heterocycles. The molecule has 1 N–H and O–H groups in total. The molecule has 0 bridgehead atoms. The Morgan fingerprint density at radius 2 is 2.12 bits per heavy atom. The Bertz CT molecular complexity index is 449. The summed E-state index contributed by atoms with van der Waals surface area (Å²) in [5, 5.41) is 8.55. The number of aromatic nitrogens is 1. The van der Waals surface area contributed by atoms with Crippen LogP contribution in [-0.4, -0.2) is 22.4 Å². The summed E-state index contributed by atoms with van der Waals surface area (Å²) in [6.45, 7) is 0. The van der Waals surface area contributed by atoms with E-state index in [-0.39, 0.29) is 0 Å². The number of pyridine rings is 1. The molecular weight excluding hydrogens is 270 g/mol. The van der Waals surface area contributed by atoms with Gasteiger partial charge in [-0.3, -0.25) is 0 Å². The molecule has 0 aromatic carbocycles. The third kappa shape index (κ3) is 3.45. The predicted molar refractivity (Wildman–Crippen MR) is 47.4 cm³/mol. The number of halogens is 5. The maximum Gasteiger partial charge on any atom is 0.573 e. The molecule has 4 nitrogen and oxygen atoms in total. The minimum Gasteiger partial charge on any atom is -0.477 e.